The minimum absolute atomic E-state index is 0.00657. The summed E-state index contributed by atoms with van der Waals surface area (Å²) in [6.07, 6.45) is 0.0302. The van der Waals surface area contributed by atoms with Crippen LogP contribution in [-0.2, 0) is 9.47 Å². The molecule has 0 heterocycles. The summed E-state index contributed by atoms with van der Waals surface area (Å²) < 4.78 is 30.2. The number of ether oxygens (including phenoxy) is 3. The van der Waals surface area contributed by atoms with Crippen molar-refractivity contribution in [3.05, 3.63) is 56.6 Å². The molecule has 1 N–H and O–H groups in total. The molecule has 6 nitrogen and oxygen atoms in total. The van der Waals surface area contributed by atoms with Crippen LogP contribution in [0.15, 0.2) is 24.3 Å². The van der Waals surface area contributed by atoms with Crippen LogP contribution in [0.25, 0.3) is 0 Å². The fourth-order valence-electron chi connectivity index (χ4n) is 2.17. The predicted molar refractivity (Wildman–Crippen MR) is 120 cm³/mol. The second kappa shape index (κ2) is 13.7. The van der Waals surface area contributed by atoms with Crippen molar-refractivity contribution in [2.24, 2.45) is 0 Å². The molecular weight excluding hydrogens is 450 g/mol. The van der Waals surface area contributed by atoms with Crippen molar-refractivity contribution in [1.29, 1.82) is 0 Å². The zero-order valence-electron chi connectivity index (χ0n) is 19.2. The number of halogens is 3. The van der Waals surface area contributed by atoms with E-state index in [1.54, 1.807) is 19.1 Å². The molecule has 0 atom stereocenters. The van der Waals surface area contributed by atoms with Crippen LogP contribution in [0.1, 0.15) is 47.1 Å². The Morgan fingerprint density at radius 3 is 1.77 bits per heavy atom. The van der Waals surface area contributed by atoms with Crippen molar-refractivity contribution < 1.29 is 34.7 Å². The Balaban J connectivity index is 0.000000543. The smallest absolute Gasteiger partial charge is 0.338 e. The number of hydrogen-bond acceptors (Lipinski definition) is 6. The number of methoxy groups -OCH3 is 2. The third-order valence-corrected chi connectivity index (χ3v) is 4.60. The average molecular weight is 478 g/mol. The second-order valence-corrected chi connectivity index (χ2v) is 7.15. The number of esters is 2. The molecule has 0 radical (unpaired) electrons. The summed E-state index contributed by atoms with van der Waals surface area (Å²) in [7, 11) is 1.60. The molecule has 0 fully saturated rings. The van der Waals surface area contributed by atoms with Gasteiger partial charge in [-0.3, -0.25) is 4.39 Å². The van der Waals surface area contributed by atoms with E-state index in [1.165, 1.54) is 26.4 Å². The van der Waals surface area contributed by atoms with Crippen LogP contribution < -0.4 is 4.74 Å². The van der Waals surface area contributed by atoms with E-state index in [0.717, 1.165) is 5.56 Å². The summed E-state index contributed by atoms with van der Waals surface area (Å²) in [5, 5.41) is 10.2. The maximum absolute atomic E-state index is 11.4. The fraction of sp³-hybridized carbons (Fsp3) is 0.364. The third-order valence-electron chi connectivity index (χ3n) is 3.82. The number of carbonyl (C=O) groups is 2. The van der Waals surface area contributed by atoms with Crippen LogP contribution in [0, 0.1) is 13.8 Å². The Kier molecular flexibility index (Phi) is 11.7. The van der Waals surface area contributed by atoms with Crippen LogP contribution in [-0.4, -0.2) is 44.5 Å². The molecule has 0 bridgehead atoms. The number of rotatable bonds is 4. The summed E-state index contributed by atoms with van der Waals surface area (Å²) in [5.41, 5.74) is 2.02. The maximum atomic E-state index is 11.4. The van der Waals surface area contributed by atoms with Crippen molar-refractivity contribution in [3.8, 4) is 11.5 Å². The average Bonchev–Trinajstić information content (AvgIpc) is 2.74. The highest BCUT2D eigenvalue weighted by atomic mass is 35.5. The van der Waals surface area contributed by atoms with Gasteiger partial charge in [-0.2, -0.15) is 0 Å². The van der Waals surface area contributed by atoms with E-state index in [1.807, 2.05) is 20.8 Å². The molecule has 0 spiro atoms. The highest BCUT2D eigenvalue weighted by Gasteiger charge is 2.13. The zero-order valence-corrected chi connectivity index (χ0v) is 19.7. The van der Waals surface area contributed by atoms with E-state index < -0.39 is 19.1 Å². The van der Waals surface area contributed by atoms with E-state index in [-0.39, 0.29) is 17.4 Å². The first kappa shape index (κ1) is 26.5. The quantitative estimate of drug-likeness (QED) is 0.547. The number of alkyl halides is 1. The van der Waals surface area contributed by atoms with E-state index >= 15 is 0 Å². The lowest BCUT2D eigenvalue weighted by Gasteiger charge is -2.14. The summed E-state index contributed by atoms with van der Waals surface area (Å²) in [6.45, 7) is 7.34. The van der Waals surface area contributed by atoms with Gasteiger partial charge in [-0.15, -0.1) is 0 Å². The molecule has 0 aromatic heterocycles. The van der Waals surface area contributed by atoms with Crippen LogP contribution in [0.2, 0.25) is 10.0 Å². The number of benzene rings is 2. The van der Waals surface area contributed by atoms with Gasteiger partial charge in [0.2, 0.25) is 0 Å². The number of hydrogen-bond donors (Lipinski definition) is 1. The first-order valence-corrected chi connectivity index (χ1v) is 9.66. The van der Waals surface area contributed by atoms with Gasteiger partial charge in [0.15, 0.2) is 0 Å². The topological polar surface area (TPSA) is 82.1 Å². The van der Waals surface area contributed by atoms with Gasteiger partial charge < -0.3 is 19.3 Å². The number of phenolic OH excluding ortho intramolecular Hbond substituents is 1. The summed E-state index contributed by atoms with van der Waals surface area (Å²) >= 11 is 11.8. The molecule has 2 aromatic rings. The molecular formula is C22H27Cl2FO6. The van der Waals surface area contributed by atoms with Crippen molar-refractivity contribution in [3.63, 3.8) is 0 Å². The van der Waals surface area contributed by atoms with Crippen LogP contribution >= 0.6 is 23.2 Å². The molecule has 172 valence electrons. The van der Waals surface area contributed by atoms with Crippen molar-refractivity contribution in [2.75, 3.05) is 21.4 Å². The highest BCUT2D eigenvalue weighted by molar-refractivity contribution is 6.32. The monoisotopic (exact) mass is 477 g/mol. The SMILES string of the molecule is COC(=O)c1cc(Cl)c(C)c(OC(C)C)c1.COC(=O)c1cc(O)c(C)c(Cl)c1.[2H]CF. The van der Waals surface area contributed by atoms with Crippen molar-refractivity contribution >= 4 is 35.1 Å². The Morgan fingerprint density at radius 1 is 0.968 bits per heavy atom. The van der Waals surface area contributed by atoms with Crippen molar-refractivity contribution in [1.82, 2.24) is 0 Å². The van der Waals surface area contributed by atoms with E-state index in [0.29, 0.717) is 26.9 Å². The minimum Gasteiger partial charge on any atom is -0.508 e. The van der Waals surface area contributed by atoms with Crippen molar-refractivity contribution in [2.45, 2.75) is 33.8 Å². The molecule has 0 unspecified atom stereocenters. The fourth-order valence-corrected chi connectivity index (χ4v) is 2.59. The van der Waals surface area contributed by atoms with Gasteiger partial charge in [0, 0.05) is 21.2 Å². The van der Waals surface area contributed by atoms with Gasteiger partial charge in [0.25, 0.3) is 0 Å². The molecule has 2 aromatic carbocycles. The summed E-state index contributed by atoms with van der Waals surface area (Å²) in [5.74, 6) is -0.330. The highest BCUT2D eigenvalue weighted by Crippen LogP contribution is 2.29. The maximum Gasteiger partial charge on any atom is 0.338 e. The lowest BCUT2D eigenvalue weighted by atomic mass is 10.1. The summed E-state index contributed by atoms with van der Waals surface area (Å²) in [4.78, 5) is 22.4. The zero-order chi connectivity index (χ0) is 25.0. The Hall–Kier alpha value is -2.51. The molecule has 9 heteroatoms. The van der Waals surface area contributed by atoms with Gasteiger partial charge in [0.05, 0.1) is 40.0 Å². The molecule has 0 aliphatic carbocycles. The van der Waals surface area contributed by atoms with Gasteiger partial charge in [-0.25, -0.2) is 9.59 Å². The molecule has 2 rings (SSSR count). The molecule has 0 saturated carbocycles. The standard InChI is InChI=1S/C12H15ClO3.C9H9ClO3.CH3F/c1-7(2)16-11-6-9(12(14)15-4)5-10(13)8(11)3;1-5-7(10)3-6(4-8(5)11)9(12)13-2;1-2/h5-7H,1-4H3;3-4,11H,1-2H3;1H3/i;;1D. The number of carbonyl (C=O) groups excluding carboxylic acids is 2. The third kappa shape index (κ3) is 8.63. The Morgan fingerprint density at radius 2 is 1.39 bits per heavy atom. The molecule has 31 heavy (non-hydrogen) atoms. The lowest BCUT2D eigenvalue weighted by Crippen LogP contribution is -2.09. The van der Waals surface area contributed by atoms with Gasteiger partial charge >= 0.3 is 11.9 Å². The van der Waals surface area contributed by atoms with E-state index in [9.17, 15) is 19.1 Å². The molecule has 0 amide bonds. The second-order valence-electron chi connectivity index (χ2n) is 6.33. The van der Waals surface area contributed by atoms with Crippen LogP contribution in [0.4, 0.5) is 4.39 Å². The van der Waals surface area contributed by atoms with Crippen LogP contribution in [0.5, 0.6) is 11.5 Å². The first-order chi connectivity index (χ1) is 14.9. The summed E-state index contributed by atoms with van der Waals surface area (Å²) in [6, 6.07) is 6.01. The number of aromatic hydroxyl groups is 1. The minimum atomic E-state index is -1.00. The largest absolute Gasteiger partial charge is 0.508 e. The number of phenols is 1. The molecule has 0 aliphatic rings. The Bertz CT molecular complexity index is 899. The van der Waals surface area contributed by atoms with Crippen LogP contribution in [0.3, 0.4) is 0 Å². The Labute approximate surface area is 193 Å². The van der Waals surface area contributed by atoms with Gasteiger partial charge in [-0.1, -0.05) is 23.2 Å². The van der Waals surface area contributed by atoms with Gasteiger partial charge in [0.1, 0.15) is 11.5 Å². The predicted octanol–water partition coefficient (Wildman–Crippen LogP) is 5.95. The molecule has 0 saturated heterocycles. The first-order valence-electron chi connectivity index (χ1n) is 9.61. The van der Waals surface area contributed by atoms with E-state index in [2.05, 4.69) is 9.47 Å². The molecule has 0 aliphatic heterocycles. The lowest BCUT2D eigenvalue weighted by molar-refractivity contribution is 0.0591. The van der Waals surface area contributed by atoms with E-state index in [4.69, 9.17) is 29.3 Å². The van der Waals surface area contributed by atoms with Gasteiger partial charge in [-0.05, 0) is 52.0 Å². The normalized spacial score (nSPS) is 10.1.